The Morgan fingerprint density at radius 2 is 2.19 bits per heavy atom. The molecule has 0 atom stereocenters. The van der Waals surface area contributed by atoms with Gasteiger partial charge in [0.2, 0.25) is 0 Å². The van der Waals surface area contributed by atoms with Gasteiger partial charge in [-0.1, -0.05) is 28.4 Å². The summed E-state index contributed by atoms with van der Waals surface area (Å²) < 4.78 is 7.01. The van der Waals surface area contributed by atoms with Crippen molar-refractivity contribution in [2.24, 2.45) is 5.41 Å². The molecule has 1 aliphatic rings. The van der Waals surface area contributed by atoms with Crippen LogP contribution >= 0.6 is 28.6 Å². The van der Waals surface area contributed by atoms with Gasteiger partial charge in [0, 0.05) is 9.89 Å². The van der Waals surface area contributed by atoms with Crippen LogP contribution in [-0.2, 0) is 0 Å². The number of hydrogen-bond donors (Lipinski definition) is 1. The molecule has 3 heteroatoms. The van der Waals surface area contributed by atoms with Crippen LogP contribution in [0.15, 0.2) is 22.7 Å². The maximum absolute atomic E-state index is 5.94. The Balaban J connectivity index is 2.01. The molecule has 0 aromatic heterocycles. The lowest BCUT2D eigenvalue weighted by Crippen LogP contribution is -2.37. The minimum absolute atomic E-state index is 0.331. The molecule has 0 spiro atoms. The summed E-state index contributed by atoms with van der Waals surface area (Å²) in [5.74, 6) is 1.92. The van der Waals surface area contributed by atoms with Crippen molar-refractivity contribution >= 4 is 28.6 Å². The topological polar surface area (TPSA) is 9.23 Å². The fraction of sp³-hybridized carbons (Fsp3) is 0.538. The number of ether oxygens (including phenoxy) is 1. The minimum atomic E-state index is 0.331. The molecule has 0 amide bonds. The molecule has 88 valence electrons. The standard InChI is InChI=1S/C13H17BrOS/c1-10-3-4-11(14)7-12(10)15-8-13(9-16)5-2-6-13/h3-4,7,16H,2,5-6,8-9H2,1H3. The van der Waals surface area contributed by atoms with Gasteiger partial charge in [-0.15, -0.1) is 0 Å². The van der Waals surface area contributed by atoms with Crippen molar-refractivity contribution in [3.05, 3.63) is 28.2 Å². The van der Waals surface area contributed by atoms with Crippen molar-refractivity contribution in [3.8, 4) is 5.75 Å². The van der Waals surface area contributed by atoms with Crippen LogP contribution in [0.2, 0.25) is 0 Å². The highest BCUT2D eigenvalue weighted by Crippen LogP contribution is 2.42. The fourth-order valence-corrected chi connectivity index (χ4v) is 2.73. The number of halogens is 1. The Bertz CT molecular complexity index is 369. The van der Waals surface area contributed by atoms with Gasteiger partial charge in [0.25, 0.3) is 0 Å². The zero-order chi connectivity index (χ0) is 11.6. The van der Waals surface area contributed by atoms with Gasteiger partial charge in [-0.3, -0.25) is 0 Å². The highest BCUT2D eigenvalue weighted by atomic mass is 79.9. The molecule has 0 saturated heterocycles. The number of benzene rings is 1. The molecule has 0 aliphatic heterocycles. The summed E-state index contributed by atoms with van der Waals surface area (Å²) in [7, 11) is 0. The third kappa shape index (κ3) is 2.57. The van der Waals surface area contributed by atoms with Gasteiger partial charge >= 0.3 is 0 Å². The molecular weight excluding hydrogens is 284 g/mol. The largest absolute Gasteiger partial charge is 0.493 e. The Kier molecular flexibility index (Phi) is 3.85. The minimum Gasteiger partial charge on any atom is -0.493 e. The lowest BCUT2D eigenvalue weighted by molar-refractivity contribution is 0.0825. The molecule has 1 aromatic carbocycles. The van der Waals surface area contributed by atoms with Gasteiger partial charge in [-0.05, 0) is 43.2 Å². The molecule has 0 radical (unpaired) electrons. The van der Waals surface area contributed by atoms with E-state index in [2.05, 4.69) is 41.5 Å². The van der Waals surface area contributed by atoms with Crippen molar-refractivity contribution in [1.82, 2.24) is 0 Å². The molecule has 16 heavy (non-hydrogen) atoms. The lowest BCUT2D eigenvalue weighted by atomic mass is 9.71. The van der Waals surface area contributed by atoms with Crippen LogP contribution in [0, 0.1) is 12.3 Å². The molecule has 0 bridgehead atoms. The summed E-state index contributed by atoms with van der Waals surface area (Å²) in [6.07, 6.45) is 3.83. The molecule has 0 unspecified atom stereocenters. The average molecular weight is 301 g/mol. The third-order valence-electron chi connectivity index (χ3n) is 3.43. The van der Waals surface area contributed by atoms with Crippen LogP contribution < -0.4 is 4.74 Å². The maximum atomic E-state index is 5.94. The molecule has 0 N–H and O–H groups in total. The second kappa shape index (κ2) is 5.01. The first kappa shape index (κ1) is 12.3. The van der Waals surface area contributed by atoms with Crippen molar-refractivity contribution in [3.63, 3.8) is 0 Å². The second-order valence-electron chi connectivity index (χ2n) is 4.71. The number of rotatable bonds is 4. The van der Waals surface area contributed by atoms with Crippen LogP contribution in [0.4, 0.5) is 0 Å². The maximum Gasteiger partial charge on any atom is 0.123 e. The smallest absolute Gasteiger partial charge is 0.123 e. The predicted molar refractivity (Wildman–Crippen MR) is 74.5 cm³/mol. The zero-order valence-electron chi connectivity index (χ0n) is 9.50. The van der Waals surface area contributed by atoms with Gasteiger partial charge in [0.15, 0.2) is 0 Å². The van der Waals surface area contributed by atoms with E-state index >= 15 is 0 Å². The SMILES string of the molecule is Cc1ccc(Br)cc1OCC1(CS)CCC1. The van der Waals surface area contributed by atoms with Crippen molar-refractivity contribution in [2.45, 2.75) is 26.2 Å². The Labute approximate surface area is 111 Å². The summed E-state index contributed by atoms with van der Waals surface area (Å²) in [6.45, 7) is 2.88. The van der Waals surface area contributed by atoms with Crippen LogP contribution in [0.3, 0.4) is 0 Å². The van der Waals surface area contributed by atoms with Gasteiger partial charge in [-0.25, -0.2) is 0 Å². The molecule has 1 aromatic rings. The monoisotopic (exact) mass is 300 g/mol. The molecule has 2 rings (SSSR count). The van der Waals surface area contributed by atoms with Gasteiger partial charge in [-0.2, -0.15) is 12.6 Å². The first-order valence-corrected chi connectivity index (χ1v) is 7.08. The molecular formula is C13H17BrOS. The zero-order valence-corrected chi connectivity index (χ0v) is 12.0. The third-order valence-corrected chi connectivity index (χ3v) is 4.60. The van der Waals surface area contributed by atoms with Gasteiger partial charge in [0.05, 0.1) is 6.61 Å². The van der Waals surface area contributed by atoms with Crippen LogP contribution in [-0.4, -0.2) is 12.4 Å². The van der Waals surface area contributed by atoms with E-state index in [-0.39, 0.29) is 0 Å². The van der Waals surface area contributed by atoms with E-state index in [4.69, 9.17) is 4.74 Å². The molecule has 1 aliphatic carbocycles. The van der Waals surface area contributed by atoms with Crippen molar-refractivity contribution in [1.29, 1.82) is 0 Å². The van der Waals surface area contributed by atoms with Gasteiger partial charge < -0.3 is 4.74 Å². The van der Waals surface area contributed by atoms with Gasteiger partial charge in [0.1, 0.15) is 5.75 Å². The highest BCUT2D eigenvalue weighted by Gasteiger charge is 2.36. The lowest BCUT2D eigenvalue weighted by Gasteiger charge is -2.40. The summed E-state index contributed by atoms with van der Waals surface area (Å²) in [5.41, 5.74) is 1.52. The molecule has 0 heterocycles. The summed E-state index contributed by atoms with van der Waals surface area (Å²) in [6, 6.07) is 6.16. The fourth-order valence-electron chi connectivity index (χ4n) is 1.99. The normalized spacial score (nSPS) is 17.9. The summed E-state index contributed by atoms with van der Waals surface area (Å²) in [5, 5.41) is 0. The van der Waals surface area contributed by atoms with E-state index in [1.807, 2.05) is 12.1 Å². The molecule has 1 saturated carbocycles. The van der Waals surface area contributed by atoms with Crippen molar-refractivity contribution < 1.29 is 4.74 Å². The highest BCUT2D eigenvalue weighted by molar-refractivity contribution is 9.10. The van der Waals surface area contributed by atoms with E-state index < -0.39 is 0 Å². The average Bonchev–Trinajstić information content (AvgIpc) is 2.22. The second-order valence-corrected chi connectivity index (χ2v) is 5.94. The number of hydrogen-bond acceptors (Lipinski definition) is 2. The number of aryl methyl sites for hydroxylation is 1. The first-order chi connectivity index (χ1) is 7.65. The summed E-state index contributed by atoms with van der Waals surface area (Å²) >= 11 is 7.91. The van der Waals surface area contributed by atoms with Crippen LogP contribution in [0.25, 0.3) is 0 Å². The van der Waals surface area contributed by atoms with E-state index in [9.17, 15) is 0 Å². The van der Waals surface area contributed by atoms with E-state index in [1.165, 1.54) is 24.8 Å². The van der Waals surface area contributed by atoms with Crippen LogP contribution in [0.1, 0.15) is 24.8 Å². The molecule has 1 nitrogen and oxygen atoms in total. The Hall–Kier alpha value is -0.150. The van der Waals surface area contributed by atoms with E-state index in [0.717, 1.165) is 22.6 Å². The van der Waals surface area contributed by atoms with E-state index in [0.29, 0.717) is 5.41 Å². The van der Waals surface area contributed by atoms with Crippen molar-refractivity contribution in [2.75, 3.05) is 12.4 Å². The first-order valence-electron chi connectivity index (χ1n) is 5.65. The summed E-state index contributed by atoms with van der Waals surface area (Å²) in [4.78, 5) is 0. The quantitative estimate of drug-likeness (QED) is 0.819. The predicted octanol–water partition coefficient (Wildman–Crippen LogP) is 4.24. The Morgan fingerprint density at radius 3 is 2.75 bits per heavy atom. The molecule has 1 fully saturated rings. The number of thiol groups is 1. The van der Waals surface area contributed by atoms with E-state index in [1.54, 1.807) is 0 Å². The van der Waals surface area contributed by atoms with Crippen LogP contribution in [0.5, 0.6) is 5.75 Å². The Morgan fingerprint density at radius 1 is 1.44 bits per heavy atom.